The second kappa shape index (κ2) is 9.22. The van der Waals surface area contributed by atoms with E-state index in [0.29, 0.717) is 33.9 Å². The van der Waals surface area contributed by atoms with Gasteiger partial charge in [0.2, 0.25) is 11.1 Å². The summed E-state index contributed by atoms with van der Waals surface area (Å²) < 4.78 is 16.2. The van der Waals surface area contributed by atoms with Gasteiger partial charge in [0.1, 0.15) is 12.3 Å². The van der Waals surface area contributed by atoms with E-state index in [1.807, 2.05) is 48.5 Å². The molecule has 1 aliphatic heterocycles. The topological polar surface area (TPSA) is 131 Å². The third-order valence-corrected chi connectivity index (χ3v) is 6.58. The zero-order chi connectivity index (χ0) is 24.5. The lowest BCUT2D eigenvalue weighted by Gasteiger charge is -2.25. The predicted molar refractivity (Wildman–Crippen MR) is 131 cm³/mol. The van der Waals surface area contributed by atoms with Gasteiger partial charge in [-0.05, 0) is 31.2 Å². The van der Waals surface area contributed by atoms with E-state index in [1.165, 1.54) is 9.36 Å². The first-order chi connectivity index (χ1) is 16.9. The molecule has 1 amide bonds. The van der Waals surface area contributed by atoms with Gasteiger partial charge in [0.15, 0.2) is 23.4 Å². The van der Waals surface area contributed by atoms with Crippen LogP contribution in [0.4, 0.5) is 5.69 Å². The van der Waals surface area contributed by atoms with Crippen LogP contribution in [0.1, 0.15) is 17.6 Å². The summed E-state index contributed by atoms with van der Waals surface area (Å²) in [5.74, 6) is 7.43. The highest BCUT2D eigenvalue weighted by Crippen LogP contribution is 2.35. The molecule has 1 aliphatic rings. The van der Waals surface area contributed by atoms with Gasteiger partial charge in [-0.3, -0.25) is 14.3 Å². The number of aromatic nitrogens is 5. The van der Waals surface area contributed by atoms with Crippen molar-refractivity contribution < 1.29 is 14.3 Å². The van der Waals surface area contributed by atoms with E-state index in [2.05, 4.69) is 15.5 Å². The molecule has 0 radical (unpaired) electrons. The fourth-order valence-corrected chi connectivity index (χ4v) is 4.43. The van der Waals surface area contributed by atoms with Crippen LogP contribution in [0, 0.1) is 6.92 Å². The van der Waals surface area contributed by atoms with E-state index in [-0.39, 0.29) is 29.5 Å². The molecule has 2 aromatic heterocycles. The Bertz CT molecular complexity index is 1440. The van der Waals surface area contributed by atoms with Crippen molar-refractivity contribution in [1.82, 2.24) is 24.2 Å². The fraction of sp³-hybridized carbons (Fsp3) is 0.217. The Morgan fingerprint density at radius 3 is 2.63 bits per heavy atom. The minimum atomic E-state index is -0.533. The number of nitrogens with zero attached hydrogens (tertiary/aromatic N) is 5. The minimum absolute atomic E-state index is 0.0146. The van der Waals surface area contributed by atoms with Crippen molar-refractivity contribution in [2.45, 2.75) is 18.2 Å². The number of carbonyl (C=O) groups excluding carboxylic acids is 1. The maximum Gasteiger partial charge on any atom is 0.295 e. The predicted octanol–water partition coefficient (Wildman–Crippen LogP) is 2.03. The van der Waals surface area contributed by atoms with Gasteiger partial charge in [-0.15, -0.1) is 10.2 Å². The second-order valence-electron chi connectivity index (χ2n) is 7.85. The van der Waals surface area contributed by atoms with E-state index in [4.69, 9.17) is 15.3 Å². The normalized spacial score (nSPS) is 14.6. The fourth-order valence-electron chi connectivity index (χ4n) is 3.77. The molecule has 1 atom stereocenters. The number of hydrogen-bond donors (Lipinski definition) is 2. The molecule has 0 aliphatic carbocycles. The highest BCUT2D eigenvalue weighted by Gasteiger charge is 2.28. The average Bonchev–Trinajstić information content (AvgIpc) is 3.34. The number of amides is 1. The summed E-state index contributed by atoms with van der Waals surface area (Å²) in [6.45, 7) is 2.01. The number of nitrogens with two attached hydrogens (primary N) is 1. The molecule has 35 heavy (non-hydrogen) atoms. The van der Waals surface area contributed by atoms with Crippen LogP contribution in [-0.2, 0) is 11.8 Å². The standard InChI is InChI=1S/C23H23N7O4S/c1-14-20(22(32)30(28(14)2)15-8-4-3-5-9-15)25-19(31)13-35-23-27-26-21(29(23)24)18-12-33-16-10-6-7-11-17(16)34-18/h3-11,18H,12-13,24H2,1-2H3,(H,25,31). The van der Waals surface area contributed by atoms with Crippen LogP contribution in [0.15, 0.2) is 64.5 Å². The van der Waals surface area contributed by atoms with Gasteiger partial charge in [-0.25, -0.2) is 9.36 Å². The molecular formula is C23H23N7O4S. The quantitative estimate of drug-likeness (QED) is 0.308. The monoisotopic (exact) mass is 493 g/mol. The van der Waals surface area contributed by atoms with Gasteiger partial charge in [-0.2, -0.15) is 0 Å². The Labute approximate surface area is 204 Å². The summed E-state index contributed by atoms with van der Waals surface area (Å²) in [4.78, 5) is 25.7. The number of para-hydroxylation sites is 3. The van der Waals surface area contributed by atoms with Crippen LogP contribution in [0.2, 0.25) is 0 Å². The van der Waals surface area contributed by atoms with E-state index < -0.39 is 6.10 Å². The first kappa shape index (κ1) is 22.6. The largest absolute Gasteiger partial charge is 0.485 e. The zero-order valence-corrected chi connectivity index (χ0v) is 19.9. The summed E-state index contributed by atoms with van der Waals surface area (Å²) in [5, 5.41) is 11.3. The molecule has 3 heterocycles. The summed E-state index contributed by atoms with van der Waals surface area (Å²) in [6, 6.07) is 16.6. The number of hydrogen-bond acceptors (Lipinski definition) is 8. The molecule has 5 rings (SSSR count). The molecule has 4 aromatic rings. The Morgan fingerprint density at radius 1 is 1.14 bits per heavy atom. The summed E-state index contributed by atoms with van der Waals surface area (Å²) in [7, 11) is 1.77. The summed E-state index contributed by atoms with van der Waals surface area (Å²) in [6.07, 6.45) is -0.533. The molecule has 12 heteroatoms. The zero-order valence-electron chi connectivity index (χ0n) is 19.0. The molecule has 0 saturated heterocycles. The first-order valence-corrected chi connectivity index (χ1v) is 11.8. The summed E-state index contributed by atoms with van der Waals surface area (Å²) >= 11 is 1.10. The Morgan fingerprint density at radius 2 is 1.86 bits per heavy atom. The lowest BCUT2D eigenvalue weighted by molar-refractivity contribution is -0.113. The Hall–Kier alpha value is -4.19. The van der Waals surface area contributed by atoms with Crippen molar-refractivity contribution in [3.63, 3.8) is 0 Å². The molecule has 0 spiro atoms. The number of thioether (sulfide) groups is 1. The van der Waals surface area contributed by atoms with Crippen molar-refractivity contribution in [1.29, 1.82) is 0 Å². The van der Waals surface area contributed by atoms with Crippen LogP contribution in [0.25, 0.3) is 5.69 Å². The van der Waals surface area contributed by atoms with E-state index in [0.717, 1.165) is 11.8 Å². The molecule has 11 nitrogen and oxygen atoms in total. The van der Waals surface area contributed by atoms with Gasteiger partial charge in [0, 0.05) is 7.05 Å². The minimum Gasteiger partial charge on any atom is -0.485 e. The van der Waals surface area contributed by atoms with Crippen LogP contribution in [-0.4, -0.2) is 42.5 Å². The number of ether oxygens (including phenoxy) is 2. The molecule has 1 unspecified atom stereocenters. The van der Waals surface area contributed by atoms with Crippen molar-refractivity contribution in [3.8, 4) is 17.2 Å². The van der Waals surface area contributed by atoms with Crippen LogP contribution < -0.4 is 26.2 Å². The second-order valence-corrected chi connectivity index (χ2v) is 8.79. The van der Waals surface area contributed by atoms with Crippen LogP contribution in [0.3, 0.4) is 0 Å². The molecule has 2 aromatic carbocycles. The van der Waals surface area contributed by atoms with Gasteiger partial charge in [-0.1, -0.05) is 42.1 Å². The number of fused-ring (bicyclic) bond motifs is 1. The highest BCUT2D eigenvalue weighted by molar-refractivity contribution is 7.99. The van der Waals surface area contributed by atoms with Gasteiger partial charge >= 0.3 is 0 Å². The lowest BCUT2D eigenvalue weighted by atomic mass is 10.2. The maximum atomic E-state index is 13.0. The molecule has 3 N–H and O–H groups in total. The lowest BCUT2D eigenvalue weighted by Crippen LogP contribution is -2.27. The van der Waals surface area contributed by atoms with Gasteiger partial charge < -0.3 is 20.6 Å². The first-order valence-electron chi connectivity index (χ1n) is 10.8. The molecule has 0 fully saturated rings. The van der Waals surface area contributed by atoms with E-state index >= 15 is 0 Å². The van der Waals surface area contributed by atoms with E-state index in [9.17, 15) is 9.59 Å². The van der Waals surface area contributed by atoms with Crippen molar-refractivity contribution >= 4 is 23.4 Å². The van der Waals surface area contributed by atoms with Crippen molar-refractivity contribution in [2.75, 3.05) is 23.5 Å². The Balaban J connectivity index is 1.26. The smallest absolute Gasteiger partial charge is 0.295 e. The number of anilines is 1. The number of nitrogens with one attached hydrogen (secondary N) is 1. The van der Waals surface area contributed by atoms with Crippen LogP contribution >= 0.6 is 11.8 Å². The van der Waals surface area contributed by atoms with E-state index in [1.54, 1.807) is 24.7 Å². The molecule has 0 bridgehead atoms. The number of benzene rings is 2. The number of carbonyl (C=O) groups is 1. The number of nitrogen functional groups attached to an aromatic ring is 1. The molecule has 0 saturated carbocycles. The molecule has 180 valence electrons. The Kier molecular flexibility index (Phi) is 5.95. The van der Waals surface area contributed by atoms with Gasteiger partial charge in [0.25, 0.3) is 5.56 Å². The van der Waals surface area contributed by atoms with Crippen molar-refractivity contribution in [2.24, 2.45) is 7.05 Å². The van der Waals surface area contributed by atoms with Gasteiger partial charge in [0.05, 0.1) is 17.1 Å². The number of rotatable bonds is 6. The third-order valence-electron chi connectivity index (χ3n) is 5.64. The maximum absolute atomic E-state index is 13.0. The third kappa shape index (κ3) is 4.23. The highest BCUT2D eigenvalue weighted by atomic mass is 32.2. The van der Waals surface area contributed by atoms with Crippen molar-refractivity contribution in [3.05, 3.63) is 76.5 Å². The molecular weight excluding hydrogens is 470 g/mol. The average molecular weight is 494 g/mol. The van der Waals surface area contributed by atoms with Crippen LogP contribution in [0.5, 0.6) is 11.5 Å². The SMILES string of the molecule is Cc1c(NC(=O)CSc2nnc(C3COc4ccccc4O3)n2N)c(=O)n(-c2ccccc2)n1C. The summed E-state index contributed by atoms with van der Waals surface area (Å²) in [5.41, 5.74) is 1.26.